The molecule has 94 heavy (non-hydrogen) atoms. The highest BCUT2D eigenvalue weighted by atomic mass is 16.7. The summed E-state index contributed by atoms with van der Waals surface area (Å²) in [5, 5.41) is 87.5. The third-order valence-corrected chi connectivity index (χ3v) is 17.3. The monoisotopic (exact) mass is 1320 g/mol. The second-order valence-corrected chi connectivity index (χ2v) is 25.7. The van der Waals surface area contributed by atoms with Crippen LogP contribution < -0.4 is 5.32 Å². The quantitative estimate of drug-likeness (QED) is 0.0204. The lowest BCUT2D eigenvalue weighted by Crippen LogP contribution is -2.65. The van der Waals surface area contributed by atoms with Gasteiger partial charge in [-0.1, -0.05) is 295 Å². The van der Waals surface area contributed by atoms with Gasteiger partial charge in [-0.3, -0.25) is 4.79 Å². The summed E-state index contributed by atoms with van der Waals surface area (Å²) in [6.45, 7) is 2.68. The summed E-state index contributed by atoms with van der Waals surface area (Å²) in [7, 11) is 0. The fourth-order valence-corrected chi connectivity index (χ4v) is 11.4. The first-order chi connectivity index (χ1) is 46.1. The fourth-order valence-electron chi connectivity index (χ4n) is 11.4. The SMILES string of the molecule is CC/C=C\C/C=C\C/C=C\C/C=C\C/C=C\C/C=C\C/C=C\C/C=C\C/C=C\CCCCCCCCCCCCCC(=O)NC(COC1OC(CO)C(OC2OC(CO)C(O)C(O)C2O)C(O)C1O)C(O)/C=C/CC/C=C/CCCCCCCCCCCCCCCCC. The summed E-state index contributed by atoms with van der Waals surface area (Å²) in [5.74, 6) is -0.256. The number of amides is 1. The minimum absolute atomic E-state index is 0.256. The van der Waals surface area contributed by atoms with Gasteiger partial charge in [0, 0.05) is 6.42 Å². The Morgan fingerprint density at radius 2 is 0.745 bits per heavy atom. The lowest BCUT2D eigenvalue weighted by atomic mass is 9.97. The zero-order chi connectivity index (χ0) is 68.0. The average Bonchev–Trinajstić information content (AvgIpc) is 0.794. The summed E-state index contributed by atoms with van der Waals surface area (Å²) < 4.78 is 22.8. The van der Waals surface area contributed by atoms with Gasteiger partial charge in [0.25, 0.3) is 0 Å². The van der Waals surface area contributed by atoms with E-state index in [2.05, 4.69) is 141 Å². The molecule has 12 atom stereocenters. The van der Waals surface area contributed by atoms with E-state index in [1.807, 2.05) is 6.08 Å². The van der Waals surface area contributed by atoms with Crippen molar-refractivity contribution in [3.05, 3.63) is 134 Å². The Labute approximate surface area is 570 Å². The summed E-state index contributed by atoms with van der Waals surface area (Å²) in [4.78, 5) is 13.3. The van der Waals surface area contributed by atoms with Gasteiger partial charge < -0.3 is 65.1 Å². The molecule has 0 saturated carbocycles. The maximum absolute atomic E-state index is 13.3. The molecular formula is C80H135NO13. The van der Waals surface area contributed by atoms with Gasteiger partial charge in [0.15, 0.2) is 12.6 Å². The number of hydrogen-bond acceptors (Lipinski definition) is 13. The second kappa shape index (κ2) is 62.6. The van der Waals surface area contributed by atoms with E-state index < -0.39 is 86.8 Å². The van der Waals surface area contributed by atoms with Crippen LogP contribution in [0.1, 0.15) is 271 Å². The summed E-state index contributed by atoms with van der Waals surface area (Å²) in [6.07, 6.45) is 76.5. The predicted molar refractivity (Wildman–Crippen MR) is 387 cm³/mol. The second-order valence-electron chi connectivity index (χ2n) is 25.7. The lowest BCUT2D eigenvalue weighted by molar-refractivity contribution is -0.359. The molecule has 0 aliphatic carbocycles. The first-order valence-electron chi connectivity index (χ1n) is 37.4. The Bertz CT molecular complexity index is 2090. The minimum Gasteiger partial charge on any atom is -0.394 e. The number of ether oxygens (including phenoxy) is 4. The largest absolute Gasteiger partial charge is 0.394 e. The fraction of sp³-hybridized carbons (Fsp3) is 0.713. The molecule has 0 radical (unpaired) electrons. The third kappa shape index (κ3) is 45.6. The van der Waals surface area contributed by atoms with Crippen LogP contribution in [0.5, 0.6) is 0 Å². The molecule has 2 aliphatic rings. The number of rotatable bonds is 60. The van der Waals surface area contributed by atoms with Crippen molar-refractivity contribution in [1.29, 1.82) is 0 Å². The minimum atomic E-state index is -1.80. The highest BCUT2D eigenvalue weighted by molar-refractivity contribution is 5.76. The standard InChI is InChI=1S/C80H135NO13/c1-3-5-7-9-11-13-15-17-19-21-23-25-26-27-28-29-30-31-32-33-34-35-36-37-38-39-40-41-42-44-46-48-50-52-54-56-58-60-62-64-72(85)81-68(69(84)63-61-59-57-55-53-51-49-47-45-43-24-22-20-18-16-14-12-10-8-6-4-2)67-91-79-77(90)75(88)78(71(66-83)93-79)94-80-76(89)74(87)73(86)70(65-82)92-80/h5,7,11,13,17,19,23,25,27-28,30-31,33-34,36-37,39-40,53,55,61,63,68-71,73-80,82-84,86-90H,3-4,6,8-10,12,14-16,18,20-22,24,26,29,32,35,38,41-52,54,56-60,62,64-67H2,1-2H3,(H,81,85)/b7-5-,13-11-,19-17-,25-23-,28-27-,31-30-,34-33-,37-36-,40-39-,55-53+,63-61+. The van der Waals surface area contributed by atoms with Gasteiger partial charge in [-0.2, -0.15) is 0 Å². The molecule has 0 aromatic heterocycles. The number of aliphatic hydroxyl groups is 8. The summed E-state index contributed by atoms with van der Waals surface area (Å²) >= 11 is 0. The van der Waals surface area contributed by atoms with Crippen molar-refractivity contribution in [2.75, 3.05) is 19.8 Å². The highest BCUT2D eigenvalue weighted by Gasteiger charge is 2.51. The van der Waals surface area contributed by atoms with Gasteiger partial charge in [-0.25, -0.2) is 0 Å². The molecule has 538 valence electrons. The number of hydrogen-bond donors (Lipinski definition) is 9. The molecule has 12 unspecified atom stereocenters. The molecule has 2 heterocycles. The van der Waals surface area contributed by atoms with Crippen molar-refractivity contribution in [1.82, 2.24) is 5.32 Å². The van der Waals surface area contributed by atoms with Crippen molar-refractivity contribution >= 4 is 5.91 Å². The van der Waals surface area contributed by atoms with Crippen molar-refractivity contribution in [3.63, 3.8) is 0 Å². The Balaban J connectivity index is 1.64. The smallest absolute Gasteiger partial charge is 0.220 e. The van der Waals surface area contributed by atoms with Crippen LogP contribution >= 0.6 is 0 Å². The van der Waals surface area contributed by atoms with Crippen LogP contribution in [0.25, 0.3) is 0 Å². The molecule has 2 aliphatic heterocycles. The van der Waals surface area contributed by atoms with Gasteiger partial charge in [0.1, 0.15) is 48.8 Å². The van der Waals surface area contributed by atoms with Crippen molar-refractivity contribution in [2.45, 2.75) is 344 Å². The first kappa shape index (κ1) is 86.2. The number of unbranched alkanes of at least 4 members (excludes halogenated alkanes) is 27. The van der Waals surface area contributed by atoms with Gasteiger partial charge in [0.2, 0.25) is 5.91 Å². The zero-order valence-electron chi connectivity index (χ0n) is 58.7. The van der Waals surface area contributed by atoms with E-state index in [1.165, 1.54) is 141 Å². The molecule has 0 aromatic carbocycles. The van der Waals surface area contributed by atoms with Gasteiger partial charge >= 0.3 is 0 Å². The molecule has 14 nitrogen and oxygen atoms in total. The molecular weight excluding hydrogens is 1180 g/mol. The van der Waals surface area contributed by atoms with E-state index in [0.29, 0.717) is 12.8 Å². The predicted octanol–water partition coefficient (Wildman–Crippen LogP) is 16.2. The van der Waals surface area contributed by atoms with Crippen LogP contribution in [0.3, 0.4) is 0 Å². The molecule has 0 spiro atoms. The normalized spacial score (nSPS) is 23.3. The molecule has 1 amide bonds. The molecule has 0 aromatic rings. The van der Waals surface area contributed by atoms with E-state index in [1.54, 1.807) is 6.08 Å². The maximum Gasteiger partial charge on any atom is 0.220 e. The van der Waals surface area contributed by atoms with E-state index in [0.717, 1.165) is 96.3 Å². The van der Waals surface area contributed by atoms with Crippen molar-refractivity contribution < 1.29 is 64.6 Å². The van der Waals surface area contributed by atoms with Crippen molar-refractivity contribution in [2.24, 2.45) is 0 Å². The maximum atomic E-state index is 13.3. The van der Waals surface area contributed by atoms with Gasteiger partial charge in [0.05, 0.1) is 32.0 Å². The summed E-state index contributed by atoms with van der Waals surface area (Å²) in [6, 6.07) is -0.943. The number of carbonyl (C=O) groups excluding carboxylic acids is 1. The number of nitrogens with one attached hydrogen (secondary N) is 1. The Morgan fingerprint density at radius 1 is 0.394 bits per heavy atom. The Morgan fingerprint density at radius 3 is 1.17 bits per heavy atom. The van der Waals surface area contributed by atoms with Gasteiger partial charge in [-0.05, 0) is 103 Å². The van der Waals surface area contributed by atoms with Gasteiger partial charge in [-0.15, -0.1) is 0 Å². The third-order valence-electron chi connectivity index (χ3n) is 17.3. The summed E-state index contributed by atoms with van der Waals surface area (Å²) in [5.41, 5.74) is 0. The van der Waals surface area contributed by atoms with Crippen LogP contribution in [0.2, 0.25) is 0 Å². The Kier molecular flexibility index (Phi) is 57.4. The van der Waals surface area contributed by atoms with Crippen LogP contribution in [0.15, 0.2) is 134 Å². The molecule has 14 heteroatoms. The van der Waals surface area contributed by atoms with E-state index in [9.17, 15) is 45.6 Å². The van der Waals surface area contributed by atoms with Crippen LogP contribution in [-0.4, -0.2) is 140 Å². The van der Waals surface area contributed by atoms with E-state index >= 15 is 0 Å². The number of aliphatic hydroxyl groups excluding tert-OH is 8. The highest BCUT2D eigenvalue weighted by Crippen LogP contribution is 2.30. The molecule has 2 fully saturated rings. The number of carbonyl (C=O) groups is 1. The first-order valence-corrected chi connectivity index (χ1v) is 37.4. The molecule has 2 rings (SSSR count). The average molecular weight is 1320 g/mol. The van der Waals surface area contributed by atoms with Crippen LogP contribution in [-0.2, 0) is 23.7 Å². The molecule has 2 saturated heterocycles. The Hall–Kier alpha value is -3.87. The number of allylic oxidation sites excluding steroid dienone is 21. The lowest BCUT2D eigenvalue weighted by Gasteiger charge is -2.46. The zero-order valence-corrected chi connectivity index (χ0v) is 58.7. The van der Waals surface area contributed by atoms with E-state index in [-0.39, 0.29) is 18.9 Å². The van der Waals surface area contributed by atoms with Crippen molar-refractivity contribution in [3.8, 4) is 0 Å². The van der Waals surface area contributed by atoms with E-state index in [4.69, 9.17) is 18.9 Å². The molecule has 9 N–H and O–H groups in total. The van der Waals surface area contributed by atoms with Crippen LogP contribution in [0, 0.1) is 0 Å². The topological polar surface area (TPSA) is 228 Å². The van der Waals surface area contributed by atoms with Crippen LogP contribution in [0.4, 0.5) is 0 Å². The molecule has 0 bridgehead atoms.